The number of alkyl carbamates (subject to hydrolysis) is 1. The number of hydrogen-bond acceptors (Lipinski definition) is 6. The minimum Gasteiger partial charge on any atom is -0.491 e. The highest BCUT2D eigenvalue weighted by atomic mass is 32.2. The van der Waals surface area contributed by atoms with Gasteiger partial charge in [0.05, 0.1) is 4.90 Å². The van der Waals surface area contributed by atoms with E-state index in [4.69, 9.17) is 13.7 Å². The van der Waals surface area contributed by atoms with E-state index in [-0.39, 0.29) is 18.1 Å². The van der Waals surface area contributed by atoms with Crippen LogP contribution in [-0.2, 0) is 25.5 Å². The molecule has 0 heterocycles. The van der Waals surface area contributed by atoms with E-state index >= 15 is 0 Å². The molecule has 2 aromatic rings. The van der Waals surface area contributed by atoms with Crippen molar-refractivity contribution in [3.63, 3.8) is 0 Å². The Labute approximate surface area is 178 Å². The highest BCUT2D eigenvalue weighted by Crippen LogP contribution is 2.15. The predicted octanol–water partition coefficient (Wildman–Crippen LogP) is 3.85. The third-order valence-electron chi connectivity index (χ3n) is 3.91. The first-order chi connectivity index (χ1) is 14.0. The molecule has 164 valence electrons. The van der Waals surface area contributed by atoms with Gasteiger partial charge in [-0.2, -0.15) is 8.42 Å². The van der Waals surface area contributed by atoms with Crippen molar-refractivity contribution in [1.82, 2.24) is 5.32 Å². The summed E-state index contributed by atoms with van der Waals surface area (Å²) in [7, 11) is -3.79. The van der Waals surface area contributed by atoms with Crippen LogP contribution in [0.4, 0.5) is 4.79 Å². The molecule has 0 atom stereocenters. The highest BCUT2D eigenvalue weighted by Gasteiger charge is 2.16. The molecule has 2 aromatic carbocycles. The lowest BCUT2D eigenvalue weighted by Crippen LogP contribution is -2.33. The van der Waals surface area contributed by atoms with Gasteiger partial charge in [0, 0.05) is 6.54 Å². The van der Waals surface area contributed by atoms with E-state index in [1.807, 2.05) is 39.8 Å². The average Bonchev–Trinajstić information content (AvgIpc) is 2.65. The van der Waals surface area contributed by atoms with Crippen molar-refractivity contribution in [2.45, 2.75) is 44.6 Å². The number of aryl methyl sites for hydroxylation is 1. The van der Waals surface area contributed by atoms with Crippen LogP contribution in [0, 0.1) is 6.92 Å². The van der Waals surface area contributed by atoms with E-state index < -0.39 is 21.8 Å². The maximum Gasteiger partial charge on any atom is 0.407 e. The first kappa shape index (κ1) is 23.7. The van der Waals surface area contributed by atoms with Crippen LogP contribution in [0.25, 0.3) is 0 Å². The molecule has 30 heavy (non-hydrogen) atoms. The van der Waals surface area contributed by atoms with Crippen molar-refractivity contribution in [1.29, 1.82) is 0 Å². The number of hydrogen-bond donors (Lipinski definition) is 1. The Hall–Kier alpha value is -2.58. The Morgan fingerprint density at radius 1 is 0.967 bits per heavy atom. The summed E-state index contributed by atoms with van der Waals surface area (Å²) < 4.78 is 39.9. The zero-order valence-corrected chi connectivity index (χ0v) is 18.6. The zero-order valence-electron chi connectivity index (χ0n) is 17.8. The van der Waals surface area contributed by atoms with Gasteiger partial charge in [0.2, 0.25) is 0 Å². The summed E-state index contributed by atoms with van der Waals surface area (Å²) in [6, 6.07) is 13.8. The second kappa shape index (κ2) is 10.4. The molecule has 0 radical (unpaired) electrons. The van der Waals surface area contributed by atoms with Gasteiger partial charge in [-0.05, 0) is 63.9 Å². The number of ether oxygens (including phenoxy) is 2. The number of benzene rings is 2. The molecule has 7 nitrogen and oxygen atoms in total. The number of carbonyl (C=O) groups excluding carboxylic acids is 1. The minimum atomic E-state index is -3.79. The summed E-state index contributed by atoms with van der Waals surface area (Å²) >= 11 is 0. The number of rotatable bonds is 9. The Bertz CT molecular complexity index is 916. The quantitative estimate of drug-likeness (QED) is 0.475. The van der Waals surface area contributed by atoms with E-state index in [2.05, 4.69) is 5.32 Å². The lowest BCUT2D eigenvalue weighted by atomic mass is 10.1. The third-order valence-corrected chi connectivity index (χ3v) is 5.23. The smallest absolute Gasteiger partial charge is 0.407 e. The van der Waals surface area contributed by atoms with E-state index in [1.54, 1.807) is 24.3 Å². The van der Waals surface area contributed by atoms with Crippen LogP contribution in [0.2, 0.25) is 0 Å². The first-order valence-corrected chi connectivity index (χ1v) is 11.1. The van der Waals surface area contributed by atoms with Crippen LogP contribution in [0.1, 0.15) is 31.9 Å². The van der Waals surface area contributed by atoms with E-state index in [0.29, 0.717) is 18.7 Å². The average molecular weight is 436 g/mol. The highest BCUT2D eigenvalue weighted by molar-refractivity contribution is 7.86. The van der Waals surface area contributed by atoms with Crippen LogP contribution in [-0.4, -0.2) is 39.9 Å². The molecule has 1 amide bonds. The lowest BCUT2D eigenvalue weighted by Gasteiger charge is -2.19. The van der Waals surface area contributed by atoms with Gasteiger partial charge in [-0.25, -0.2) is 4.79 Å². The van der Waals surface area contributed by atoms with Gasteiger partial charge in [0.15, 0.2) is 0 Å². The maximum atomic E-state index is 12.1. The number of carbonyl (C=O) groups is 1. The molecule has 0 bridgehead atoms. The van der Waals surface area contributed by atoms with Crippen LogP contribution in [0.15, 0.2) is 53.4 Å². The standard InChI is InChI=1S/C22H29NO6S/c1-17-5-11-20(12-6-17)30(25,26)28-16-15-27-19-9-7-18(8-10-19)13-14-23-21(24)29-22(2,3)4/h5-12H,13-16H2,1-4H3,(H,23,24). The molecule has 8 heteroatoms. The maximum absolute atomic E-state index is 12.1. The van der Waals surface area contributed by atoms with Crippen LogP contribution in [0.5, 0.6) is 5.75 Å². The summed E-state index contributed by atoms with van der Waals surface area (Å²) in [5, 5.41) is 2.71. The summed E-state index contributed by atoms with van der Waals surface area (Å²) in [4.78, 5) is 11.7. The molecule has 0 aromatic heterocycles. The van der Waals surface area contributed by atoms with Gasteiger partial charge in [-0.1, -0.05) is 29.8 Å². The van der Waals surface area contributed by atoms with Crippen molar-refractivity contribution in [3.8, 4) is 5.75 Å². The summed E-state index contributed by atoms with van der Waals surface area (Å²) in [6.45, 7) is 7.80. The SMILES string of the molecule is Cc1ccc(S(=O)(=O)OCCOc2ccc(CCNC(=O)OC(C)(C)C)cc2)cc1. The normalized spacial score (nSPS) is 11.7. The molecular formula is C22H29NO6S. The molecule has 0 unspecified atom stereocenters. The Balaban J connectivity index is 1.70. The van der Waals surface area contributed by atoms with Crippen molar-refractivity contribution in [2.75, 3.05) is 19.8 Å². The molecule has 2 rings (SSSR count). The Morgan fingerprint density at radius 3 is 2.20 bits per heavy atom. The topological polar surface area (TPSA) is 90.9 Å². The molecule has 0 aliphatic rings. The molecule has 0 aliphatic heterocycles. The summed E-state index contributed by atoms with van der Waals surface area (Å²) in [5.74, 6) is 0.607. The van der Waals surface area contributed by atoms with Gasteiger partial charge >= 0.3 is 6.09 Å². The molecule has 0 saturated carbocycles. The van der Waals surface area contributed by atoms with E-state index in [0.717, 1.165) is 11.1 Å². The lowest BCUT2D eigenvalue weighted by molar-refractivity contribution is 0.0528. The number of nitrogens with one attached hydrogen (secondary N) is 1. The summed E-state index contributed by atoms with van der Waals surface area (Å²) in [6.07, 6.45) is 0.209. The van der Waals surface area contributed by atoms with Crippen molar-refractivity contribution in [2.24, 2.45) is 0 Å². The van der Waals surface area contributed by atoms with E-state index in [9.17, 15) is 13.2 Å². The second-order valence-electron chi connectivity index (χ2n) is 7.76. The van der Waals surface area contributed by atoms with Crippen molar-refractivity contribution < 1.29 is 26.9 Å². The fraction of sp³-hybridized carbons (Fsp3) is 0.409. The molecule has 0 spiro atoms. The second-order valence-corrected chi connectivity index (χ2v) is 9.38. The van der Waals surface area contributed by atoms with Crippen LogP contribution >= 0.6 is 0 Å². The van der Waals surface area contributed by atoms with Crippen LogP contribution in [0.3, 0.4) is 0 Å². The summed E-state index contributed by atoms with van der Waals surface area (Å²) in [5.41, 5.74) is 1.48. The van der Waals surface area contributed by atoms with Crippen molar-refractivity contribution in [3.05, 3.63) is 59.7 Å². The fourth-order valence-electron chi connectivity index (χ4n) is 2.45. The van der Waals surface area contributed by atoms with Gasteiger partial charge < -0.3 is 14.8 Å². The fourth-order valence-corrected chi connectivity index (χ4v) is 3.34. The van der Waals surface area contributed by atoms with Gasteiger partial charge in [-0.3, -0.25) is 4.18 Å². The van der Waals surface area contributed by atoms with Gasteiger partial charge in [0.25, 0.3) is 10.1 Å². The van der Waals surface area contributed by atoms with Gasteiger partial charge in [-0.15, -0.1) is 0 Å². The first-order valence-electron chi connectivity index (χ1n) is 9.70. The molecule has 0 aliphatic carbocycles. The molecule has 0 saturated heterocycles. The van der Waals surface area contributed by atoms with Gasteiger partial charge in [0.1, 0.15) is 24.6 Å². The Kier molecular flexibility index (Phi) is 8.25. The largest absolute Gasteiger partial charge is 0.491 e. The minimum absolute atomic E-state index is 0.0855. The Morgan fingerprint density at radius 2 is 1.60 bits per heavy atom. The van der Waals surface area contributed by atoms with Crippen molar-refractivity contribution >= 4 is 16.2 Å². The van der Waals surface area contributed by atoms with E-state index in [1.165, 1.54) is 12.1 Å². The third kappa shape index (κ3) is 8.42. The monoisotopic (exact) mass is 435 g/mol. The molecular weight excluding hydrogens is 406 g/mol. The predicted molar refractivity (Wildman–Crippen MR) is 114 cm³/mol. The molecule has 1 N–H and O–H groups in total. The van der Waals surface area contributed by atoms with Crippen LogP contribution < -0.4 is 10.1 Å². The number of amides is 1. The zero-order chi connectivity index (χ0) is 22.2. The molecule has 0 fully saturated rings.